The molecule has 0 aliphatic carbocycles. The van der Waals surface area contributed by atoms with Gasteiger partial charge in [-0.05, 0) is 161 Å². The van der Waals surface area contributed by atoms with Gasteiger partial charge in [0, 0.05) is 87.4 Å². The second-order valence-corrected chi connectivity index (χ2v) is 25.2. The summed E-state index contributed by atoms with van der Waals surface area (Å²) in [6.07, 6.45) is 0. The molecule has 21 aromatic rings. The van der Waals surface area contributed by atoms with Gasteiger partial charge in [0.15, 0.2) is 0 Å². The van der Waals surface area contributed by atoms with Crippen LogP contribution in [0.1, 0.15) is 0 Å². The molecule has 448 valence electrons. The number of nitrogens with zero attached hydrogens (tertiary/aromatic N) is 4. The van der Waals surface area contributed by atoms with E-state index in [1.165, 1.54) is 110 Å². The zero-order valence-electron chi connectivity index (χ0n) is 51.9. The lowest BCUT2D eigenvalue weighted by atomic mass is 9.98. The monoisotopic (exact) mass is 1220 g/mol. The SMILES string of the molecule is c1ccc(-c2cc(-c3ccccc3)cc(-n3c4ccccc4c4cc5c6cc7oc8ccccc8c7cc6n(-c6ccccc6)c5cc43)c2)cc1.c1ccc(-c2cccc(-n3c4ccccc4c4cc5c6cc7oc8ccccc8c7cc6n(-c6ccccc6)c5cc43)c2)cc1. The van der Waals surface area contributed by atoms with Crippen LogP contribution in [0.25, 0.3) is 187 Å². The summed E-state index contributed by atoms with van der Waals surface area (Å²) in [6, 6.07) is 122. The van der Waals surface area contributed by atoms with E-state index in [-0.39, 0.29) is 0 Å². The quantitative estimate of drug-likeness (QED) is 0.160. The van der Waals surface area contributed by atoms with E-state index in [4.69, 9.17) is 8.83 Å². The normalized spacial score (nSPS) is 12.0. The molecule has 6 heteroatoms. The van der Waals surface area contributed by atoms with Crippen LogP contribution >= 0.6 is 0 Å². The van der Waals surface area contributed by atoms with Crippen molar-refractivity contribution in [1.29, 1.82) is 0 Å². The zero-order chi connectivity index (χ0) is 63.0. The van der Waals surface area contributed by atoms with Crippen molar-refractivity contribution in [3.05, 3.63) is 340 Å². The summed E-state index contributed by atoms with van der Waals surface area (Å²) >= 11 is 0. The summed E-state index contributed by atoms with van der Waals surface area (Å²) in [6.45, 7) is 0. The van der Waals surface area contributed by atoms with E-state index in [2.05, 4.69) is 346 Å². The summed E-state index contributed by atoms with van der Waals surface area (Å²) in [5, 5.41) is 14.2. The van der Waals surface area contributed by atoms with E-state index in [1.54, 1.807) is 0 Å². The Labute approximate surface area is 550 Å². The van der Waals surface area contributed by atoms with Crippen LogP contribution in [-0.2, 0) is 0 Å². The Hall–Kier alpha value is -12.9. The molecule has 0 saturated carbocycles. The fraction of sp³-hybridized carbons (Fsp3) is 0. The Morgan fingerprint density at radius 3 is 0.917 bits per heavy atom. The lowest BCUT2D eigenvalue weighted by Gasteiger charge is -2.14. The van der Waals surface area contributed by atoms with Crippen LogP contribution in [0.15, 0.2) is 349 Å². The predicted octanol–water partition coefficient (Wildman–Crippen LogP) is 24.6. The average molecular weight is 1230 g/mol. The number of furan rings is 2. The number of rotatable bonds is 7. The third kappa shape index (κ3) is 8.39. The lowest BCUT2D eigenvalue weighted by molar-refractivity contribution is 0.669. The molecule has 6 nitrogen and oxygen atoms in total. The molecular formula is C90H56N4O2. The first-order valence-corrected chi connectivity index (χ1v) is 32.8. The second-order valence-electron chi connectivity index (χ2n) is 25.2. The summed E-state index contributed by atoms with van der Waals surface area (Å²) in [4.78, 5) is 0. The molecule has 96 heavy (non-hydrogen) atoms. The molecular weight excluding hydrogens is 1170 g/mol. The molecule has 0 aliphatic heterocycles. The van der Waals surface area contributed by atoms with Gasteiger partial charge in [0.2, 0.25) is 0 Å². The van der Waals surface area contributed by atoms with Crippen molar-refractivity contribution in [2.75, 3.05) is 0 Å². The molecule has 0 saturated heterocycles. The number of benzene rings is 15. The van der Waals surface area contributed by atoms with Crippen molar-refractivity contribution >= 4 is 131 Å². The third-order valence-corrected chi connectivity index (χ3v) is 19.7. The van der Waals surface area contributed by atoms with Crippen LogP contribution in [0.2, 0.25) is 0 Å². The molecule has 0 N–H and O–H groups in total. The van der Waals surface area contributed by atoms with Crippen molar-refractivity contribution in [2.24, 2.45) is 0 Å². The molecule has 0 spiro atoms. The van der Waals surface area contributed by atoms with Crippen molar-refractivity contribution < 1.29 is 8.83 Å². The molecule has 0 aliphatic rings. The van der Waals surface area contributed by atoms with E-state index in [0.717, 1.165) is 77.7 Å². The minimum absolute atomic E-state index is 0.907. The Morgan fingerprint density at radius 2 is 0.458 bits per heavy atom. The molecule has 0 unspecified atom stereocenters. The topological polar surface area (TPSA) is 46.0 Å². The highest BCUT2D eigenvalue weighted by Gasteiger charge is 2.24. The maximum Gasteiger partial charge on any atom is 0.136 e. The summed E-state index contributed by atoms with van der Waals surface area (Å²) < 4.78 is 22.5. The van der Waals surface area contributed by atoms with Gasteiger partial charge in [0.1, 0.15) is 22.3 Å². The summed E-state index contributed by atoms with van der Waals surface area (Å²) in [7, 11) is 0. The Bertz CT molecular complexity index is 6610. The van der Waals surface area contributed by atoms with Crippen molar-refractivity contribution in [3.63, 3.8) is 0 Å². The Balaban J connectivity index is 0.000000132. The first kappa shape index (κ1) is 53.7. The highest BCUT2D eigenvalue weighted by Crippen LogP contribution is 2.46. The van der Waals surface area contributed by atoms with Crippen LogP contribution in [0, 0.1) is 0 Å². The third-order valence-electron chi connectivity index (χ3n) is 19.7. The molecule has 15 aromatic carbocycles. The Kier molecular flexibility index (Phi) is 11.9. The molecule has 6 heterocycles. The summed E-state index contributed by atoms with van der Waals surface area (Å²) in [5.74, 6) is 0. The van der Waals surface area contributed by atoms with Gasteiger partial charge < -0.3 is 27.1 Å². The molecule has 0 fully saturated rings. The smallest absolute Gasteiger partial charge is 0.136 e. The van der Waals surface area contributed by atoms with Crippen LogP contribution in [0.4, 0.5) is 0 Å². The van der Waals surface area contributed by atoms with Gasteiger partial charge in [-0.25, -0.2) is 0 Å². The van der Waals surface area contributed by atoms with Gasteiger partial charge >= 0.3 is 0 Å². The number of aromatic nitrogens is 4. The van der Waals surface area contributed by atoms with E-state index >= 15 is 0 Å². The van der Waals surface area contributed by atoms with Gasteiger partial charge in [-0.3, -0.25) is 0 Å². The Morgan fingerprint density at radius 1 is 0.146 bits per heavy atom. The molecule has 0 bridgehead atoms. The van der Waals surface area contributed by atoms with Crippen LogP contribution in [0.3, 0.4) is 0 Å². The van der Waals surface area contributed by atoms with E-state index in [0.29, 0.717) is 0 Å². The van der Waals surface area contributed by atoms with Crippen LogP contribution < -0.4 is 0 Å². The first-order valence-electron chi connectivity index (χ1n) is 32.8. The zero-order valence-corrected chi connectivity index (χ0v) is 51.9. The number of para-hydroxylation sites is 6. The summed E-state index contributed by atoms with van der Waals surface area (Å²) in [5.41, 5.74) is 24.8. The fourth-order valence-corrected chi connectivity index (χ4v) is 15.4. The van der Waals surface area contributed by atoms with Crippen molar-refractivity contribution in [1.82, 2.24) is 18.3 Å². The molecule has 6 aromatic heterocycles. The maximum atomic E-state index is 6.43. The predicted molar refractivity (Wildman–Crippen MR) is 401 cm³/mol. The molecule has 21 rings (SSSR count). The van der Waals surface area contributed by atoms with Gasteiger partial charge in [0.25, 0.3) is 0 Å². The van der Waals surface area contributed by atoms with Gasteiger partial charge in [-0.1, -0.05) is 212 Å². The number of hydrogen-bond acceptors (Lipinski definition) is 2. The van der Waals surface area contributed by atoms with E-state index in [1.807, 2.05) is 12.1 Å². The van der Waals surface area contributed by atoms with Gasteiger partial charge in [-0.15, -0.1) is 0 Å². The number of hydrogen-bond donors (Lipinski definition) is 0. The minimum Gasteiger partial charge on any atom is -0.456 e. The second kappa shape index (κ2) is 21.3. The molecule has 0 radical (unpaired) electrons. The fourth-order valence-electron chi connectivity index (χ4n) is 15.4. The molecule has 0 amide bonds. The first-order chi connectivity index (χ1) is 47.6. The van der Waals surface area contributed by atoms with E-state index in [9.17, 15) is 0 Å². The number of fused-ring (bicyclic) bond motifs is 18. The minimum atomic E-state index is 0.907. The van der Waals surface area contributed by atoms with Crippen LogP contribution in [-0.4, -0.2) is 18.3 Å². The van der Waals surface area contributed by atoms with Crippen molar-refractivity contribution in [3.8, 4) is 56.1 Å². The standard InChI is InChI=1S/C48H30N2O.C42H26N2O/c1-4-14-31(15-5-1)33-24-34(32-16-6-2-7-17-32)26-36(25-33)50-43-22-12-10-20-37(43)39-27-40-41-29-48-42(38-21-11-13-23-47(38)51-48)28-44(41)49(46(40)30-45(39)50)35-18-8-3-9-19-35;1-3-12-27(13-4-1)28-14-11-17-30(22-28)44-37-20-9-7-18-31(37)33-23-34-35-25-42-36(32-19-8-10-21-41(32)45-42)24-38(35)43(40(34)26-39(33)44)29-15-5-2-6-16-29/h1-30H;1-26H. The van der Waals surface area contributed by atoms with Gasteiger partial charge in [-0.2, -0.15) is 0 Å². The average Bonchev–Trinajstić information content (AvgIpc) is 1.56. The lowest BCUT2D eigenvalue weighted by Crippen LogP contribution is -1.97. The van der Waals surface area contributed by atoms with E-state index < -0.39 is 0 Å². The van der Waals surface area contributed by atoms with Gasteiger partial charge in [0.05, 0.1) is 44.1 Å². The molecule has 0 atom stereocenters. The van der Waals surface area contributed by atoms with Crippen molar-refractivity contribution in [2.45, 2.75) is 0 Å². The van der Waals surface area contributed by atoms with Crippen LogP contribution in [0.5, 0.6) is 0 Å². The highest BCUT2D eigenvalue weighted by atomic mass is 16.3. The maximum absolute atomic E-state index is 6.43. The highest BCUT2D eigenvalue weighted by molar-refractivity contribution is 6.24. The largest absolute Gasteiger partial charge is 0.456 e.